The van der Waals surface area contributed by atoms with Gasteiger partial charge in [0.2, 0.25) is 10.0 Å². The van der Waals surface area contributed by atoms with Crippen molar-refractivity contribution in [2.75, 3.05) is 13.1 Å². The number of hydrogen-bond acceptors (Lipinski definition) is 4. The van der Waals surface area contributed by atoms with Crippen LogP contribution >= 0.6 is 0 Å². The molecule has 2 N–H and O–H groups in total. The summed E-state index contributed by atoms with van der Waals surface area (Å²) < 4.78 is 28.2. The smallest absolute Gasteiger partial charge is 0.246 e. The monoisotopic (exact) mass is 286 g/mol. The Bertz CT molecular complexity index is 550. The zero-order valence-corrected chi connectivity index (χ0v) is 12.5. The highest BCUT2D eigenvalue weighted by Crippen LogP contribution is 2.31. The molecule has 0 bridgehead atoms. The molecular weight excluding hydrogens is 264 g/mol. The van der Waals surface area contributed by atoms with Gasteiger partial charge >= 0.3 is 0 Å². The summed E-state index contributed by atoms with van der Waals surface area (Å²) in [5.41, 5.74) is 5.84. The Morgan fingerprint density at radius 3 is 2.74 bits per heavy atom. The average molecular weight is 286 g/mol. The summed E-state index contributed by atoms with van der Waals surface area (Å²) in [5.74, 6) is 0. The molecule has 1 atom stereocenters. The first-order valence-electron chi connectivity index (χ1n) is 6.55. The highest BCUT2D eigenvalue weighted by atomic mass is 32.2. The minimum atomic E-state index is -3.45. The second-order valence-corrected chi connectivity index (χ2v) is 7.69. The minimum absolute atomic E-state index is 0.0392. The number of hydrogen-bond donors (Lipinski definition) is 1. The van der Waals surface area contributed by atoms with Crippen LogP contribution in [0.25, 0.3) is 0 Å². The first-order chi connectivity index (χ1) is 8.77. The molecule has 108 valence electrons. The number of aryl methyl sites for hydroxylation is 1. The predicted octanol–water partition coefficient (Wildman–Crippen LogP) is 0.651. The van der Waals surface area contributed by atoms with E-state index < -0.39 is 10.0 Å². The van der Waals surface area contributed by atoms with Crippen LogP contribution in [-0.2, 0) is 16.6 Å². The number of sulfonamides is 1. The van der Waals surface area contributed by atoms with Crippen molar-refractivity contribution in [2.24, 2.45) is 11.1 Å². The summed E-state index contributed by atoms with van der Waals surface area (Å²) in [6, 6.07) is 0.0392. The molecular formula is C12H22N4O2S. The van der Waals surface area contributed by atoms with Crippen molar-refractivity contribution in [3.05, 3.63) is 12.4 Å². The molecule has 2 rings (SSSR count). The van der Waals surface area contributed by atoms with Crippen LogP contribution in [0.15, 0.2) is 17.3 Å². The Morgan fingerprint density at radius 1 is 1.53 bits per heavy atom. The molecule has 19 heavy (non-hydrogen) atoms. The van der Waals surface area contributed by atoms with E-state index in [0.29, 0.717) is 26.1 Å². The van der Waals surface area contributed by atoms with E-state index in [4.69, 9.17) is 5.73 Å². The van der Waals surface area contributed by atoms with Gasteiger partial charge in [0.15, 0.2) is 0 Å². The number of piperidine rings is 1. The molecule has 0 spiro atoms. The van der Waals surface area contributed by atoms with Gasteiger partial charge < -0.3 is 5.73 Å². The van der Waals surface area contributed by atoms with E-state index in [-0.39, 0.29) is 16.4 Å². The van der Waals surface area contributed by atoms with E-state index in [1.165, 1.54) is 10.5 Å². The third-order valence-electron chi connectivity index (χ3n) is 3.85. The second-order valence-electron chi connectivity index (χ2n) is 5.75. The molecule has 0 amide bonds. The van der Waals surface area contributed by atoms with Crippen LogP contribution in [-0.4, -0.2) is 41.6 Å². The Hall–Kier alpha value is -0.920. The molecule has 0 saturated carbocycles. The van der Waals surface area contributed by atoms with Gasteiger partial charge in [-0.15, -0.1) is 0 Å². The molecule has 1 saturated heterocycles. The fourth-order valence-corrected chi connectivity index (χ4v) is 3.91. The fraction of sp³-hybridized carbons (Fsp3) is 0.750. The first-order valence-corrected chi connectivity index (χ1v) is 7.99. The van der Waals surface area contributed by atoms with Crippen LogP contribution in [0.3, 0.4) is 0 Å². The Labute approximate surface area is 114 Å². The van der Waals surface area contributed by atoms with Gasteiger partial charge in [-0.1, -0.05) is 13.8 Å². The maximum Gasteiger partial charge on any atom is 0.246 e. The van der Waals surface area contributed by atoms with Gasteiger partial charge in [0.05, 0.1) is 6.20 Å². The van der Waals surface area contributed by atoms with Gasteiger partial charge in [-0.2, -0.15) is 9.40 Å². The van der Waals surface area contributed by atoms with E-state index in [0.717, 1.165) is 0 Å². The van der Waals surface area contributed by atoms with Crippen molar-refractivity contribution >= 4 is 10.0 Å². The van der Waals surface area contributed by atoms with Gasteiger partial charge in [0, 0.05) is 31.9 Å². The summed E-state index contributed by atoms with van der Waals surface area (Å²) in [4.78, 5) is 0.264. The maximum atomic E-state index is 12.5. The lowest BCUT2D eigenvalue weighted by atomic mass is 9.81. The lowest BCUT2D eigenvalue weighted by Crippen LogP contribution is -2.53. The molecule has 1 fully saturated rings. The summed E-state index contributed by atoms with van der Waals surface area (Å²) in [5, 5.41) is 4.03. The molecule has 1 aliphatic heterocycles. The van der Waals surface area contributed by atoms with Crippen molar-refractivity contribution in [1.29, 1.82) is 0 Å². The summed E-state index contributed by atoms with van der Waals surface area (Å²) in [6.45, 7) is 7.53. The molecule has 2 heterocycles. The first kappa shape index (κ1) is 14.5. The van der Waals surface area contributed by atoms with Crippen molar-refractivity contribution in [2.45, 2.75) is 44.7 Å². The van der Waals surface area contributed by atoms with Gasteiger partial charge in [-0.05, 0) is 18.8 Å². The zero-order chi connectivity index (χ0) is 14.3. The van der Waals surface area contributed by atoms with Gasteiger partial charge in [0.25, 0.3) is 0 Å². The molecule has 1 aromatic heterocycles. The van der Waals surface area contributed by atoms with E-state index >= 15 is 0 Å². The number of nitrogens with two attached hydrogens (primary N) is 1. The van der Waals surface area contributed by atoms with E-state index in [1.807, 2.05) is 20.8 Å². The van der Waals surface area contributed by atoms with E-state index in [2.05, 4.69) is 5.10 Å². The molecule has 7 heteroatoms. The maximum absolute atomic E-state index is 12.5. The SMILES string of the molecule is CCn1cc(S(=O)(=O)N2CCC(N)C(C)(C)C2)cn1. The molecule has 6 nitrogen and oxygen atoms in total. The van der Waals surface area contributed by atoms with Crippen LogP contribution in [0.2, 0.25) is 0 Å². The lowest BCUT2D eigenvalue weighted by Gasteiger charge is -2.41. The highest BCUT2D eigenvalue weighted by molar-refractivity contribution is 7.89. The summed E-state index contributed by atoms with van der Waals surface area (Å²) in [6.07, 6.45) is 3.69. The number of nitrogens with zero attached hydrogens (tertiary/aromatic N) is 3. The zero-order valence-electron chi connectivity index (χ0n) is 11.7. The largest absolute Gasteiger partial charge is 0.327 e. The second kappa shape index (κ2) is 4.88. The van der Waals surface area contributed by atoms with Crippen molar-refractivity contribution in [3.8, 4) is 0 Å². The summed E-state index contributed by atoms with van der Waals surface area (Å²) >= 11 is 0. The van der Waals surface area contributed by atoms with Crippen LogP contribution in [0.5, 0.6) is 0 Å². The standard InChI is InChI=1S/C12H22N4O2S/c1-4-15-8-10(7-14-15)19(17,18)16-6-5-11(13)12(2,3)9-16/h7-8,11H,4-6,9,13H2,1-3H3. The molecule has 1 aromatic rings. The molecule has 0 aliphatic carbocycles. The molecule has 0 radical (unpaired) electrons. The van der Waals surface area contributed by atoms with Gasteiger partial charge in [0.1, 0.15) is 4.90 Å². The molecule has 1 unspecified atom stereocenters. The molecule has 0 aromatic carbocycles. The Morgan fingerprint density at radius 2 is 2.21 bits per heavy atom. The van der Waals surface area contributed by atoms with Crippen molar-refractivity contribution < 1.29 is 8.42 Å². The Balaban J connectivity index is 2.25. The van der Waals surface area contributed by atoms with Gasteiger partial charge in [-0.3, -0.25) is 4.68 Å². The van der Waals surface area contributed by atoms with Crippen LogP contribution in [0, 0.1) is 5.41 Å². The van der Waals surface area contributed by atoms with Crippen LogP contribution < -0.4 is 5.73 Å². The number of rotatable bonds is 3. The van der Waals surface area contributed by atoms with Crippen LogP contribution in [0.4, 0.5) is 0 Å². The van der Waals surface area contributed by atoms with Crippen molar-refractivity contribution in [3.63, 3.8) is 0 Å². The Kier molecular flexibility index (Phi) is 3.72. The van der Waals surface area contributed by atoms with Crippen LogP contribution in [0.1, 0.15) is 27.2 Å². The normalized spacial score (nSPS) is 24.5. The quantitative estimate of drug-likeness (QED) is 0.884. The molecule has 1 aliphatic rings. The van der Waals surface area contributed by atoms with E-state index in [1.54, 1.807) is 10.9 Å². The number of aromatic nitrogens is 2. The van der Waals surface area contributed by atoms with E-state index in [9.17, 15) is 8.42 Å². The fourth-order valence-electron chi connectivity index (χ4n) is 2.33. The highest BCUT2D eigenvalue weighted by Gasteiger charge is 2.39. The third kappa shape index (κ3) is 2.68. The average Bonchev–Trinajstić information content (AvgIpc) is 2.81. The summed E-state index contributed by atoms with van der Waals surface area (Å²) in [7, 11) is -3.45. The topological polar surface area (TPSA) is 81.2 Å². The third-order valence-corrected chi connectivity index (χ3v) is 5.65. The van der Waals surface area contributed by atoms with Crippen molar-refractivity contribution in [1.82, 2.24) is 14.1 Å². The minimum Gasteiger partial charge on any atom is -0.327 e. The lowest BCUT2D eigenvalue weighted by molar-refractivity contribution is 0.155. The van der Waals surface area contributed by atoms with Gasteiger partial charge in [-0.25, -0.2) is 8.42 Å². The predicted molar refractivity (Wildman–Crippen MR) is 73.0 cm³/mol.